The molecule has 142 valence electrons. The average molecular weight is 347 g/mol. The Balaban J connectivity index is 2.18. The molecule has 1 aromatic carbocycles. The van der Waals surface area contributed by atoms with Crippen LogP contribution in [0, 0.1) is 0 Å². The predicted molar refractivity (Wildman–Crippen MR) is 107 cm³/mol. The molecule has 0 radical (unpaired) electrons. The molecule has 0 unspecified atom stereocenters. The fourth-order valence-electron chi connectivity index (χ4n) is 3.73. The van der Waals surface area contributed by atoms with Crippen molar-refractivity contribution in [3.8, 4) is 5.75 Å². The highest BCUT2D eigenvalue weighted by atomic mass is 16.5. The van der Waals surface area contributed by atoms with E-state index in [-0.39, 0.29) is 11.0 Å². The maximum Gasteiger partial charge on any atom is 0.123 e. The Morgan fingerprint density at radius 3 is 2.40 bits per heavy atom. The second-order valence-electron chi connectivity index (χ2n) is 8.86. The van der Waals surface area contributed by atoms with Crippen LogP contribution in [-0.2, 0) is 11.0 Å². The van der Waals surface area contributed by atoms with Gasteiger partial charge in [0.1, 0.15) is 5.75 Å². The van der Waals surface area contributed by atoms with Crippen LogP contribution in [0.1, 0.15) is 90.2 Å². The molecule has 3 nitrogen and oxygen atoms in total. The Kier molecular flexibility index (Phi) is 6.93. The third-order valence-corrected chi connectivity index (χ3v) is 5.54. The summed E-state index contributed by atoms with van der Waals surface area (Å²) < 4.78 is 6.23. The SMILES string of the molecule is CCCCCCOc1cc(C2(N)CCC(N)CC2)ccc1C(C)(C)C. The Morgan fingerprint density at radius 1 is 1.12 bits per heavy atom. The van der Waals surface area contributed by atoms with Gasteiger partial charge >= 0.3 is 0 Å². The lowest BCUT2D eigenvalue weighted by Gasteiger charge is -2.37. The zero-order valence-corrected chi connectivity index (χ0v) is 16.7. The molecule has 2 rings (SSSR count). The summed E-state index contributed by atoms with van der Waals surface area (Å²) >= 11 is 0. The lowest BCUT2D eigenvalue weighted by Crippen LogP contribution is -2.43. The molecule has 0 bridgehead atoms. The zero-order valence-electron chi connectivity index (χ0n) is 16.7. The first-order chi connectivity index (χ1) is 11.8. The van der Waals surface area contributed by atoms with Gasteiger partial charge in [-0.2, -0.15) is 0 Å². The van der Waals surface area contributed by atoms with Crippen LogP contribution in [0.5, 0.6) is 5.75 Å². The number of rotatable bonds is 7. The van der Waals surface area contributed by atoms with Crippen LogP contribution in [-0.4, -0.2) is 12.6 Å². The van der Waals surface area contributed by atoms with E-state index >= 15 is 0 Å². The van der Waals surface area contributed by atoms with E-state index in [9.17, 15) is 0 Å². The monoisotopic (exact) mass is 346 g/mol. The highest BCUT2D eigenvalue weighted by molar-refractivity contribution is 5.44. The molecule has 1 aliphatic carbocycles. The van der Waals surface area contributed by atoms with Crippen LogP contribution >= 0.6 is 0 Å². The van der Waals surface area contributed by atoms with E-state index in [4.69, 9.17) is 16.2 Å². The molecule has 25 heavy (non-hydrogen) atoms. The topological polar surface area (TPSA) is 61.3 Å². The first-order valence-corrected chi connectivity index (χ1v) is 10.1. The smallest absolute Gasteiger partial charge is 0.123 e. The Morgan fingerprint density at radius 2 is 1.80 bits per heavy atom. The van der Waals surface area contributed by atoms with E-state index in [1.807, 2.05) is 0 Å². The quantitative estimate of drug-likeness (QED) is 0.683. The van der Waals surface area contributed by atoms with E-state index in [2.05, 4.69) is 45.9 Å². The van der Waals surface area contributed by atoms with Crippen molar-refractivity contribution in [2.24, 2.45) is 11.5 Å². The third-order valence-electron chi connectivity index (χ3n) is 5.54. The van der Waals surface area contributed by atoms with Crippen LogP contribution < -0.4 is 16.2 Å². The normalized spacial score (nSPS) is 24.3. The van der Waals surface area contributed by atoms with Crippen molar-refractivity contribution in [1.29, 1.82) is 0 Å². The molecular weight excluding hydrogens is 308 g/mol. The summed E-state index contributed by atoms with van der Waals surface area (Å²) in [6.45, 7) is 9.74. The maximum absolute atomic E-state index is 6.75. The van der Waals surface area contributed by atoms with Crippen molar-refractivity contribution in [3.05, 3.63) is 29.3 Å². The third kappa shape index (κ3) is 5.46. The van der Waals surface area contributed by atoms with Crippen LogP contribution in [0.4, 0.5) is 0 Å². The van der Waals surface area contributed by atoms with Crippen LogP contribution in [0.2, 0.25) is 0 Å². The first-order valence-electron chi connectivity index (χ1n) is 10.1. The standard InChI is InChI=1S/C22H38N2O/c1-5-6-7-8-15-25-20-16-17(9-10-19(20)21(2,3)4)22(24)13-11-18(23)12-14-22/h9-10,16,18H,5-8,11-15,23-24H2,1-4H3. The number of nitrogens with two attached hydrogens (primary N) is 2. The van der Waals surface area contributed by atoms with Crippen molar-refractivity contribution < 1.29 is 4.74 Å². The molecule has 4 N–H and O–H groups in total. The summed E-state index contributed by atoms with van der Waals surface area (Å²) in [5.41, 5.74) is 15.1. The fraction of sp³-hybridized carbons (Fsp3) is 0.727. The molecule has 0 saturated heterocycles. The van der Waals surface area contributed by atoms with Crippen molar-refractivity contribution in [3.63, 3.8) is 0 Å². The van der Waals surface area contributed by atoms with Gasteiger partial charge in [-0.25, -0.2) is 0 Å². The first kappa shape index (κ1) is 20.3. The summed E-state index contributed by atoms with van der Waals surface area (Å²) in [6, 6.07) is 6.94. The second-order valence-corrected chi connectivity index (χ2v) is 8.86. The van der Waals surface area contributed by atoms with E-state index in [0.29, 0.717) is 6.04 Å². The Labute approximate surface area is 154 Å². The number of unbranched alkanes of at least 4 members (excludes halogenated alkanes) is 3. The zero-order chi connectivity index (χ0) is 18.5. The molecule has 1 aromatic rings. The lowest BCUT2D eigenvalue weighted by molar-refractivity contribution is 0.272. The van der Waals surface area contributed by atoms with Crippen molar-refractivity contribution in [2.75, 3.05) is 6.61 Å². The van der Waals surface area contributed by atoms with E-state index in [1.165, 1.54) is 30.4 Å². The van der Waals surface area contributed by atoms with Gasteiger partial charge < -0.3 is 16.2 Å². The summed E-state index contributed by atoms with van der Waals surface area (Å²) in [5, 5.41) is 0. The molecule has 0 heterocycles. The molecule has 1 saturated carbocycles. The van der Waals surface area contributed by atoms with Crippen molar-refractivity contribution in [2.45, 2.75) is 96.1 Å². The second kappa shape index (κ2) is 8.55. The van der Waals surface area contributed by atoms with E-state index in [0.717, 1.165) is 44.5 Å². The molecule has 1 aliphatic rings. The molecule has 0 atom stereocenters. The molecule has 0 aromatic heterocycles. The molecular formula is C22H38N2O. The molecule has 0 amide bonds. The summed E-state index contributed by atoms with van der Waals surface area (Å²) in [6.07, 6.45) is 8.81. The lowest BCUT2D eigenvalue weighted by atomic mass is 9.75. The van der Waals surface area contributed by atoms with Crippen LogP contribution in [0.15, 0.2) is 18.2 Å². The summed E-state index contributed by atoms with van der Waals surface area (Å²) in [4.78, 5) is 0. The van der Waals surface area contributed by atoms with Gasteiger partial charge in [-0.15, -0.1) is 0 Å². The number of hydrogen-bond donors (Lipinski definition) is 2. The molecule has 1 fully saturated rings. The van der Waals surface area contributed by atoms with Gasteiger partial charge in [-0.1, -0.05) is 59.1 Å². The highest BCUT2D eigenvalue weighted by Crippen LogP contribution is 2.39. The molecule has 3 heteroatoms. The Bertz CT molecular complexity index is 539. The Hall–Kier alpha value is -1.06. The molecule has 0 spiro atoms. The van der Waals surface area contributed by atoms with E-state index < -0.39 is 0 Å². The minimum Gasteiger partial charge on any atom is -0.493 e. The van der Waals surface area contributed by atoms with Gasteiger partial charge in [0, 0.05) is 11.6 Å². The highest BCUT2D eigenvalue weighted by Gasteiger charge is 2.33. The van der Waals surface area contributed by atoms with Crippen molar-refractivity contribution in [1.82, 2.24) is 0 Å². The number of hydrogen-bond acceptors (Lipinski definition) is 3. The maximum atomic E-state index is 6.75. The van der Waals surface area contributed by atoms with Gasteiger partial charge in [0.2, 0.25) is 0 Å². The summed E-state index contributed by atoms with van der Waals surface area (Å²) in [7, 11) is 0. The largest absolute Gasteiger partial charge is 0.493 e. The summed E-state index contributed by atoms with van der Waals surface area (Å²) in [5.74, 6) is 1.01. The minimum atomic E-state index is -0.257. The van der Waals surface area contributed by atoms with E-state index in [1.54, 1.807) is 0 Å². The van der Waals surface area contributed by atoms with Gasteiger partial charge in [0.15, 0.2) is 0 Å². The van der Waals surface area contributed by atoms with Gasteiger partial charge in [0.05, 0.1) is 6.61 Å². The van der Waals surface area contributed by atoms with Gasteiger partial charge in [-0.3, -0.25) is 0 Å². The van der Waals surface area contributed by atoms with Crippen molar-refractivity contribution >= 4 is 0 Å². The fourth-order valence-corrected chi connectivity index (χ4v) is 3.73. The number of ether oxygens (including phenoxy) is 1. The minimum absolute atomic E-state index is 0.0635. The predicted octanol–water partition coefficient (Wildman–Crippen LogP) is 5.00. The number of benzene rings is 1. The van der Waals surface area contributed by atoms with Crippen LogP contribution in [0.3, 0.4) is 0 Å². The van der Waals surface area contributed by atoms with Gasteiger partial charge in [-0.05, 0) is 54.7 Å². The van der Waals surface area contributed by atoms with Crippen LogP contribution in [0.25, 0.3) is 0 Å². The van der Waals surface area contributed by atoms with Gasteiger partial charge in [0.25, 0.3) is 0 Å². The average Bonchev–Trinajstić information content (AvgIpc) is 2.56. The molecule has 0 aliphatic heterocycles.